The van der Waals surface area contributed by atoms with Crippen LogP contribution in [0, 0.1) is 0 Å². The molecule has 0 spiro atoms. The predicted octanol–water partition coefficient (Wildman–Crippen LogP) is 1.66. The molecule has 1 aromatic carbocycles. The quantitative estimate of drug-likeness (QED) is 0.744. The number of carbonyl (C=O) groups excluding carboxylic acids is 1. The summed E-state index contributed by atoms with van der Waals surface area (Å²) in [5, 5.41) is 6.04. The average Bonchev–Trinajstić information content (AvgIpc) is 3.00. The van der Waals surface area contributed by atoms with Crippen molar-refractivity contribution in [2.75, 3.05) is 19.7 Å². The molecule has 0 bridgehead atoms. The molecule has 1 aliphatic rings. The lowest BCUT2D eigenvalue weighted by atomic mass is 10.1. The number of amides is 1. The monoisotopic (exact) mass is 274 g/mol. The van der Waals surface area contributed by atoms with Gasteiger partial charge in [0.05, 0.1) is 6.61 Å². The van der Waals surface area contributed by atoms with Crippen LogP contribution in [0.2, 0.25) is 0 Å². The molecule has 1 amide bonds. The molecular weight excluding hydrogens is 252 g/mol. The second-order valence-electron chi connectivity index (χ2n) is 4.81. The van der Waals surface area contributed by atoms with Gasteiger partial charge < -0.3 is 10.1 Å². The third kappa shape index (κ3) is 4.10. The van der Waals surface area contributed by atoms with E-state index in [-0.39, 0.29) is 11.9 Å². The van der Waals surface area contributed by atoms with E-state index in [1.807, 2.05) is 36.4 Å². The van der Waals surface area contributed by atoms with E-state index in [0.717, 1.165) is 37.3 Å². The molecule has 0 aromatic heterocycles. The minimum absolute atomic E-state index is 0.0331. The summed E-state index contributed by atoms with van der Waals surface area (Å²) in [5.74, 6) is 0.952. The van der Waals surface area contributed by atoms with Crippen LogP contribution in [0.15, 0.2) is 36.4 Å². The van der Waals surface area contributed by atoms with Crippen molar-refractivity contribution in [3.8, 4) is 5.75 Å². The molecule has 0 radical (unpaired) electrons. The molecule has 1 aliphatic heterocycles. The lowest BCUT2D eigenvalue weighted by molar-refractivity contribution is -0.121. The number of carbonyl (C=O) groups is 1. The number of benzene rings is 1. The molecule has 108 valence electrons. The molecule has 1 heterocycles. The standard InChI is InChI=1S/C16H22N2O2/c1-2-12-20-15-8-4-3-6-13(15)9-11-18-16(19)14-7-5-10-17-14/h3-8,14,17H,2,9-12H2,1H3,(H,18,19). The highest BCUT2D eigenvalue weighted by molar-refractivity contribution is 5.84. The molecule has 2 N–H and O–H groups in total. The topological polar surface area (TPSA) is 50.4 Å². The van der Waals surface area contributed by atoms with Gasteiger partial charge in [-0.3, -0.25) is 10.1 Å². The maximum absolute atomic E-state index is 11.8. The minimum Gasteiger partial charge on any atom is -0.493 e. The summed E-state index contributed by atoms with van der Waals surface area (Å²) in [6, 6.07) is 7.82. The molecule has 0 saturated carbocycles. The highest BCUT2D eigenvalue weighted by Gasteiger charge is 2.16. The maximum atomic E-state index is 11.8. The first-order valence-corrected chi connectivity index (χ1v) is 7.19. The van der Waals surface area contributed by atoms with E-state index in [0.29, 0.717) is 6.54 Å². The number of ether oxygens (including phenoxy) is 1. The van der Waals surface area contributed by atoms with E-state index >= 15 is 0 Å². The van der Waals surface area contributed by atoms with Gasteiger partial charge in [-0.15, -0.1) is 0 Å². The molecule has 1 atom stereocenters. The number of hydrogen-bond acceptors (Lipinski definition) is 3. The second kappa shape index (κ2) is 7.70. The third-order valence-electron chi connectivity index (χ3n) is 3.19. The van der Waals surface area contributed by atoms with Crippen LogP contribution in [0.5, 0.6) is 5.75 Å². The van der Waals surface area contributed by atoms with Crippen LogP contribution < -0.4 is 15.4 Å². The van der Waals surface area contributed by atoms with E-state index in [1.165, 1.54) is 0 Å². The van der Waals surface area contributed by atoms with Gasteiger partial charge in [-0.05, 0) is 24.5 Å². The Balaban J connectivity index is 1.81. The van der Waals surface area contributed by atoms with Crippen LogP contribution in [0.4, 0.5) is 0 Å². The SMILES string of the molecule is CCCOc1ccccc1CCNC(=O)C1C=CCN1. The Morgan fingerprint density at radius 2 is 2.30 bits per heavy atom. The molecular formula is C16H22N2O2. The maximum Gasteiger partial charge on any atom is 0.241 e. The van der Waals surface area contributed by atoms with Crippen LogP contribution in [0.3, 0.4) is 0 Å². The van der Waals surface area contributed by atoms with Gasteiger partial charge in [0, 0.05) is 13.1 Å². The Morgan fingerprint density at radius 3 is 3.05 bits per heavy atom. The Morgan fingerprint density at radius 1 is 1.45 bits per heavy atom. The van der Waals surface area contributed by atoms with E-state index < -0.39 is 0 Å². The van der Waals surface area contributed by atoms with E-state index in [2.05, 4.69) is 17.6 Å². The molecule has 0 aliphatic carbocycles. The number of rotatable bonds is 7. The van der Waals surface area contributed by atoms with E-state index in [9.17, 15) is 4.79 Å². The summed E-state index contributed by atoms with van der Waals surface area (Å²) >= 11 is 0. The van der Waals surface area contributed by atoms with Crippen LogP contribution in [0.25, 0.3) is 0 Å². The van der Waals surface area contributed by atoms with Crippen LogP contribution in [-0.2, 0) is 11.2 Å². The van der Waals surface area contributed by atoms with Gasteiger partial charge in [-0.25, -0.2) is 0 Å². The van der Waals surface area contributed by atoms with Gasteiger partial charge in [0.1, 0.15) is 11.8 Å². The average molecular weight is 274 g/mol. The molecule has 1 aromatic rings. The van der Waals surface area contributed by atoms with Crippen molar-refractivity contribution in [2.45, 2.75) is 25.8 Å². The summed E-state index contributed by atoms with van der Waals surface area (Å²) in [5.41, 5.74) is 1.14. The molecule has 4 nitrogen and oxygen atoms in total. The smallest absolute Gasteiger partial charge is 0.241 e. The molecule has 0 saturated heterocycles. The fourth-order valence-corrected chi connectivity index (χ4v) is 2.14. The van der Waals surface area contributed by atoms with Gasteiger partial charge in [-0.2, -0.15) is 0 Å². The number of nitrogens with one attached hydrogen (secondary N) is 2. The highest BCUT2D eigenvalue weighted by atomic mass is 16.5. The first-order valence-electron chi connectivity index (χ1n) is 7.19. The zero-order valence-corrected chi connectivity index (χ0v) is 11.9. The lowest BCUT2D eigenvalue weighted by Crippen LogP contribution is -2.41. The zero-order chi connectivity index (χ0) is 14.2. The Bertz CT molecular complexity index is 471. The lowest BCUT2D eigenvalue weighted by Gasteiger charge is -2.13. The largest absolute Gasteiger partial charge is 0.493 e. The Labute approximate surface area is 120 Å². The van der Waals surface area contributed by atoms with Crippen LogP contribution in [-0.4, -0.2) is 31.6 Å². The van der Waals surface area contributed by atoms with Gasteiger partial charge in [-0.1, -0.05) is 37.3 Å². The first kappa shape index (κ1) is 14.6. The van der Waals surface area contributed by atoms with Crippen molar-refractivity contribution >= 4 is 5.91 Å². The molecule has 1 unspecified atom stereocenters. The molecule has 0 fully saturated rings. The van der Waals surface area contributed by atoms with Gasteiger partial charge in [0.2, 0.25) is 5.91 Å². The second-order valence-corrected chi connectivity index (χ2v) is 4.81. The summed E-state index contributed by atoms with van der Waals surface area (Å²) < 4.78 is 5.71. The summed E-state index contributed by atoms with van der Waals surface area (Å²) in [4.78, 5) is 11.8. The fourth-order valence-electron chi connectivity index (χ4n) is 2.14. The van der Waals surface area contributed by atoms with Gasteiger partial charge >= 0.3 is 0 Å². The van der Waals surface area contributed by atoms with Crippen molar-refractivity contribution in [2.24, 2.45) is 0 Å². The van der Waals surface area contributed by atoms with Crippen molar-refractivity contribution in [3.05, 3.63) is 42.0 Å². The predicted molar refractivity (Wildman–Crippen MR) is 79.9 cm³/mol. The van der Waals surface area contributed by atoms with Crippen molar-refractivity contribution in [1.29, 1.82) is 0 Å². The van der Waals surface area contributed by atoms with Crippen molar-refractivity contribution < 1.29 is 9.53 Å². The first-order chi connectivity index (χ1) is 9.81. The number of para-hydroxylation sites is 1. The number of hydrogen-bond donors (Lipinski definition) is 2. The fraction of sp³-hybridized carbons (Fsp3) is 0.438. The van der Waals surface area contributed by atoms with Crippen LogP contribution in [0.1, 0.15) is 18.9 Å². The minimum atomic E-state index is -0.179. The zero-order valence-electron chi connectivity index (χ0n) is 11.9. The van der Waals surface area contributed by atoms with Gasteiger partial charge in [0.15, 0.2) is 0 Å². The molecule has 2 rings (SSSR count). The van der Waals surface area contributed by atoms with Gasteiger partial charge in [0.25, 0.3) is 0 Å². The Hall–Kier alpha value is -1.81. The van der Waals surface area contributed by atoms with Crippen LogP contribution >= 0.6 is 0 Å². The summed E-state index contributed by atoms with van der Waals surface area (Å²) in [7, 11) is 0. The van der Waals surface area contributed by atoms with E-state index in [4.69, 9.17) is 4.74 Å². The van der Waals surface area contributed by atoms with E-state index in [1.54, 1.807) is 0 Å². The normalized spacial score (nSPS) is 17.1. The summed E-state index contributed by atoms with van der Waals surface area (Å²) in [6.45, 7) is 4.20. The van der Waals surface area contributed by atoms with Crippen molar-refractivity contribution in [3.63, 3.8) is 0 Å². The van der Waals surface area contributed by atoms with Crippen molar-refractivity contribution in [1.82, 2.24) is 10.6 Å². The summed E-state index contributed by atoms with van der Waals surface area (Å²) in [6.07, 6.45) is 5.64. The molecule has 20 heavy (non-hydrogen) atoms. The third-order valence-corrected chi connectivity index (χ3v) is 3.19. The highest BCUT2D eigenvalue weighted by Crippen LogP contribution is 2.18. The molecule has 4 heteroatoms. The Kier molecular flexibility index (Phi) is 5.62.